The van der Waals surface area contributed by atoms with Crippen molar-refractivity contribution in [2.45, 2.75) is 39.8 Å². The fourth-order valence-electron chi connectivity index (χ4n) is 4.99. The van der Waals surface area contributed by atoms with Gasteiger partial charge in [-0.25, -0.2) is 9.79 Å². The third-order valence-electron chi connectivity index (χ3n) is 7.33. The lowest BCUT2D eigenvalue weighted by atomic mass is 9.95. The van der Waals surface area contributed by atoms with Crippen LogP contribution in [0.25, 0.3) is 6.08 Å². The Morgan fingerprint density at radius 3 is 2.53 bits per heavy atom. The summed E-state index contributed by atoms with van der Waals surface area (Å²) < 4.78 is 19.1. The van der Waals surface area contributed by atoms with Crippen LogP contribution in [0.4, 0.5) is 5.69 Å². The van der Waals surface area contributed by atoms with E-state index in [-0.39, 0.29) is 28.0 Å². The summed E-state index contributed by atoms with van der Waals surface area (Å²) in [6.45, 7) is 6.47. The average molecular weight is 628 g/mol. The number of hydrogen-bond acceptors (Lipinski definition) is 9. The quantitative estimate of drug-likeness (QED) is 0.125. The Morgan fingerprint density at radius 2 is 1.82 bits per heavy atom. The summed E-state index contributed by atoms with van der Waals surface area (Å²) in [7, 11) is 1.53. The summed E-state index contributed by atoms with van der Waals surface area (Å²) in [4.78, 5) is 43.9. The van der Waals surface area contributed by atoms with Crippen molar-refractivity contribution in [1.29, 1.82) is 0 Å². The lowest BCUT2D eigenvalue weighted by Crippen LogP contribution is -2.40. The Balaban J connectivity index is 1.63. The van der Waals surface area contributed by atoms with E-state index in [1.54, 1.807) is 43.3 Å². The van der Waals surface area contributed by atoms with Crippen LogP contribution in [0.2, 0.25) is 0 Å². The van der Waals surface area contributed by atoms with Crippen molar-refractivity contribution in [3.8, 4) is 11.5 Å². The fourth-order valence-corrected chi connectivity index (χ4v) is 6.03. The molecule has 0 aliphatic carbocycles. The van der Waals surface area contributed by atoms with Crippen LogP contribution in [0.1, 0.15) is 49.9 Å². The second kappa shape index (κ2) is 13.7. The van der Waals surface area contributed by atoms with Gasteiger partial charge in [-0.15, -0.1) is 0 Å². The van der Waals surface area contributed by atoms with Gasteiger partial charge in [0.25, 0.3) is 11.2 Å². The molecule has 0 radical (unpaired) electrons. The highest BCUT2D eigenvalue weighted by Gasteiger charge is 2.34. The molecule has 1 unspecified atom stereocenters. The highest BCUT2D eigenvalue weighted by molar-refractivity contribution is 7.07. The minimum Gasteiger partial charge on any atom is -0.493 e. The first kappa shape index (κ1) is 31.4. The number of aromatic nitrogens is 1. The molecular formula is C34H33N3O7S. The van der Waals surface area contributed by atoms with Crippen LogP contribution in [0.15, 0.2) is 93.9 Å². The SMILES string of the molecule is COc1cc(C2C(C(=O)OCc3ccccc3)=C(C)N=c3s/c(=C\c4ccccc4[N+](=O)[O-])c(=O)n32)ccc1OCCC(C)C. The maximum atomic E-state index is 14.0. The molecule has 3 aromatic carbocycles. The maximum Gasteiger partial charge on any atom is 0.338 e. The third-order valence-corrected chi connectivity index (χ3v) is 8.31. The Hall–Kier alpha value is -5.03. The van der Waals surface area contributed by atoms with Gasteiger partial charge in [0.1, 0.15) is 6.61 Å². The van der Waals surface area contributed by atoms with Crippen molar-refractivity contribution >= 4 is 29.1 Å². The molecule has 2 heterocycles. The Labute approximate surface area is 263 Å². The number of thiazole rings is 1. The molecule has 1 atom stereocenters. The number of esters is 1. The molecule has 0 spiro atoms. The number of benzene rings is 3. The predicted octanol–water partition coefficient (Wildman–Crippen LogP) is 5.32. The Bertz CT molecular complexity index is 1940. The number of allylic oxidation sites excluding steroid dienone is 1. The topological polar surface area (TPSA) is 122 Å². The van der Waals surface area contributed by atoms with Crippen molar-refractivity contribution in [2.24, 2.45) is 10.9 Å². The molecule has 4 aromatic rings. The van der Waals surface area contributed by atoms with Gasteiger partial charge in [0, 0.05) is 6.07 Å². The number of para-hydroxylation sites is 1. The molecule has 0 N–H and O–H groups in total. The van der Waals surface area contributed by atoms with E-state index < -0.39 is 22.5 Å². The van der Waals surface area contributed by atoms with Crippen LogP contribution < -0.4 is 24.4 Å². The van der Waals surface area contributed by atoms with E-state index in [1.807, 2.05) is 30.3 Å². The van der Waals surface area contributed by atoms with Gasteiger partial charge in [-0.05, 0) is 54.7 Å². The molecule has 232 valence electrons. The number of methoxy groups -OCH3 is 1. The Morgan fingerprint density at radius 1 is 1.09 bits per heavy atom. The summed E-state index contributed by atoms with van der Waals surface area (Å²) in [5.74, 6) is 0.838. The zero-order valence-electron chi connectivity index (χ0n) is 25.4. The van der Waals surface area contributed by atoms with Gasteiger partial charge >= 0.3 is 5.97 Å². The number of carbonyl (C=O) groups excluding carboxylic acids is 1. The van der Waals surface area contributed by atoms with E-state index in [4.69, 9.17) is 14.2 Å². The summed E-state index contributed by atoms with van der Waals surface area (Å²) in [6, 6.07) is 19.9. The average Bonchev–Trinajstić information content (AvgIpc) is 3.33. The molecule has 0 saturated heterocycles. The van der Waals surface area contributed by atoms with Gasteiger partial charge in [-0.3, -0.25) is 19.5 Å². The first-order valence-corrected chi connectivity index (χ1v) is 15.3. The zero-order chi connectivity index (χ0) is 32.1. The van der Waals surface area contributed by atoms with Crippen molar-refractivity contribution in [2.75, 3.05) is 13.7 Å². The molecule has 45 heavy (non-hydrogen) atoms. The van der Waals surface area contributed by atoms with Crippen molar-refractivity contribution in [3.63, 3.8) is 0 Å². The first-order valence-electron chi connectivity index (χ1n) is 14.5. The second-order valence-corrected chi connectivity index (χ2v) is 11.9. The largest absolute Gasteiger partial charge is 0.493 e. The number of nitro groups is 1. The van der Waals surface area contributed by atoms with E-state index >= 15 is 0 Å². The number of carbonyl (C=O) groups is 1. The smallest absolute Gasteiger partial charge is 0.338 e. The summed E-state index contributed by atoms with van der Waals surface area (Å²) in [6.07, 6.45) is 2.35. The summed E-state index contributed by atoms with van der Waals surface area (Å²) >= 11 is 1.09. The predicted molar refractivity (Wildman–Crippen MR) is 171 cm³/mol. The normalized spacial score (nSPS) is 14.6. The third kappa shape index (κ3) is 6.88. The van der Waals surface area contributed by atoms with Crippen LogP contribution in [0.5, 0.6) is 11.5 Å². The number of ether oxygens (including phenoxy) is 3. The molecule has 0 saturated carbocycles. The number of rotatable bonds is 11. The standard InChI is InChI=1S/C34H33N3O7S/c1-21(2)16-17-43-27-15-14-25(18-28(27)42-4)31-30(33(39)44-20-23-10-6-5-7-11-23)22(3)35-34-36(31)32(38)29(45-34)19-24-12-8-9-13-26(24)37(40)41/h5-15,18-19,21,31H,16-17,20H2,1-4H3/b29-19-. The molecule has 1 aliphatic rings. The molecule has 11 heteroatoms. The minimum absolute atomic E-state index is 0.0389. The van der Waals surface area contributed by atoms with E-state index in [1.165, 1.54) is 23.8 Å². The number of fused-ring (bicyclic) bond motifs is 1. The monoisotopic (exact) mass is 627 g/mol. The molecule has 1 aliphatic heterocycles. The van der Waals surface area contributed by atoms with Crippen LogP contribution in [-0.2, 0) is 16.1 Å². The number of nitro benzene ring substituents is 1. The van der Waals surface area contributed by atoms with Gasteiger partial charge in [0.05, 0.1) is 46.0 Å². The van der Waals surface area contributed by atoms with Gasteiger partial charge in [-0.2, -0.15) is 0 Å². The Kier molecular flexibility index (Phi) is 9.58. The van der Waals surface area contributed by atoms with Crippen molar-refractivity contribution in [1.82, 2.24) is 4.57 Å². The van der Waals surface area contributed by atoms with Gasteiger partial charge in [-0.1, -0.05) is 73.7 Å². The van der Waals surface area contributed by atoms with E-state index in [0.717, 1.165) is 23.3 Å². The van der Waals surface area contributed by atoms with Crippen LogP contribution in [-0.4, -0.2) is 29.2 Å². The summed E-state index contributed by atoms with van der Waals surface area (Å²) in [5.41, 5.74) is 1.71. The van der Waals surface area contributed by atoms with E-state index in [9.17, 15) is 19.7 Å². The number of hydrogen-bond donors (Lipinski definition) is 0. The molecule has 1 aromatic heterocycles. The van der Waals surface area contributed by atoms with Gasteiger partial charge < -0.3 is 14.2 Å². The molecule has 10 nitrogen and oxygen atoms in total. The molecule has 0 bridgehead atoms. The zero-order valence-corrected chi connectivity index (χ0v) is 26.2. The van der Waals surface area contributed by atoms with Gasteiger partial charge in [0.15, 0.2) is 16.3 Å². The fraction of sp³-hybridized carbons (Fsp3) is 0.265. The van der Waals surface area contributed by atoms with Crippen LogP contribution in [0.3, 0.4) is 0 Å². The second-order valence-electron chi connectivity index (χ2n) is 10.9. The molecule has 0 fully saturated rings. The van der Waals surface area contributed by atoms with Crippen molar-refractivity contribution in [3.05, 3.63) is 131 Å². The molecule has 5 rings (SSSR count). The highest BCUT2D eigenvalue weighted by Crippen LogP contribution is 2.36. The van der Waals surface area contributed by atoms with Gasteiger partial charge in [0.2, 0.25) is 0 Å². The van der Waals surface area contributed by atoms with Crippen LogP contribution >= 0.6 is 11.3 Å². The maximum absolute atomic E-state index is 14.0. The first-order chi connectivity index (χ1) is 21.7. The lowest BCUT2D eigenvalue weighted by molar-refractivity contribution is -0.385. The number of nitrogens with zero attached hydrogens (tertiary/aromatic N) is 3. The highest BCUT2D eigenvalue weighted by atomic mass is 32.1. The van der Waals surface area contributed by atoms with E-state index in [2.05, 4.69) is 18.8 Å². The van der Waals surface area contributed by atoms with Crippen LogP contribution in [0, 0.1) is 16.0 Å². The van der Waals surface area contributed by atoms with E-state index in [0.29, 0.717) is 40.1 Å². The molecule has 0 amide bonds. The minimum atomic E-state index is -0.906. The molecular weight excluding hydrogens is 594 g/mol. The lowest BCUT2D eigenvalue weighted by Gasteiger charge is -2.25. The van der Waals surface area contributed by atoms with Crippen molar-refractivity contribution < 1.29 is 23.9 Å². The summed E-state index contributed by atoms with van der Waals surface area (Å²) in [5, 5.41) is 11.6.